The van der Waals surface area contributed by atoms with Gasteiger partial charge >= 0.3 is 17.1 Å². The molecule has 10 atom stereocenters. The van der Waals surface area contributed by atoms with Crippen LogP contribution in [0, 0.1) is 19.9 Å². The summed E-state index contributed by atoms with van der Waals surface area (Å²) in [7, 11) is 1.69. The van der Waals surface area contributed by atoms with Crippen molar-refractivity contribution in [1.82, 2.24) is 30.3 Å². The molecule has 23 heteroatoms. The maximum Gasteiger partial charge on any atom is 2.00 e. The summed E-state index contributed by atoms with van der Waals surface area (Å²) in [6.07, 6.45) is -15.1. The molecule has 3 heterocycles. The van der Waals surface area contributed by atoms with Gasteiger partial charge in [0, 0.05) is 31.9 Å². The van der Waals surface area contributed by atoms with E-state index in [0.717, 1.165) is 6.73 Å². The average molecular weight is 844 g/mol. The van der Waals surface area contributed by atoms with Crippen molar-refractivity contribution in [3.8, 4) is 0 Å². The summed E-state index contributed by atoms with van der Waals surface area (Å²) in [5, 5.41) is 101. The fourth-order valence-corrected chi connectivity index (χ4v) is 5.63. The minimum Gasteiger partial charge on any atom is -0.621 e. The van der Waals surface area contributed by atoms with Crippen LogP contribution in [0.1, 0.15) is 24.2 Å². The number of cyclic esters (lactones) is 2. The number of hydrogen-bond acceptors (Lipinski definition) is 20. The van der Waals surface area contributed by atoms with Crippen molar-refractivity contribution in [2.24, 2.45) is 0 Å². The van der Waals surface area contributed by atoms with Crippen LogP contribution in [0.3, 0.4) is 0 Å². The molecule has 10 unspecified atom stereocenters. The Morgan fingerprint density at radius 1 is 0.857 bits per heavy atom. The molecule has 2 aliphatic rings. The Balaban J connectivity index is 0.0000108. The molecular formula is C33H52MnN6O16. The van der Waals surface area contributed by atoms with E-state index in [4.69, 9.17) is 19.7 Å². The largest absolute Gasteiger partial charge is 2.00 e. The number of aliphatic hydroxyl groups excluding tert-OH is 10. The minimum absolute atomic E-state index is 0. The Bertz CT molecular complexity index is 1420. The van der Waals surface area contributed by atoms with Crippen LogP contribution in [-0.2, 0) is 52.3 Å². The third-order valence-electron chi connectivity index (χ3n) is 9.01. The van der Waals surface area contributed by atoms with Gasteiger partial charge in [-0.25, -0.2) is 0 Å². The van der Waals surface area contributed by atoms with Gasteiger partial charge in [-0.3, -0.25) is 24.2 Å². The number of rotatable bonds is 23. The summed E-state index contributed by atoms with van der Waals surface area (Å²) < 4.78 is 10.6. The van der Waals surface area contributed by atoms with Crippen LogP contribution in [0.25, 0.3) is 0 Å². The number of likely N-dealkylation sites (N-methyl/N-ethyl adjacent to an activating group) is 1. The smallest absolute Gasteiger partial charge is 0.621 e. The van der Waals surface area contributed by atoms with Crippen LogP contribution >= 0.6 is 0 Å². The van der Waals surface area contributed by atoms with Crippen molar-refractivity contribution >= 4 is 23.8 Å². The zero-order valence-electron chi connectivity index (χ0n) is 30.7. The minimum atomic E-state index is -1.90. The fourth-order valence-electron chi connectivity index (χ4n) is 5.63. The molecule has 56 heavy (non-hydrogen) atoms. The Hall–Kier alpha value is -2.97. The molecule has 1 aromatic rings. The fraction of sp³-hybridized carbons (Fsp3) is 0.667. The molecule has 317 valence electrons. The van der Waals surface area contributed by atoms with Crippen LogP contribution in [0.2, 0.25) is 0 Å². The van der Waals surface area contributed by atoms with Gasteiger partial charge in [0.25, 0.3) is 11.9 Å². The van der Waals surface area contributed by atoms with Gasteiger partial charge in [0.2, 0.25) is 11.8 Å². The number of hydrogen-bond donors (Lipinski definition) is 12. The predicted molar refractivity (Wildman–Crippen MR) is 184 cm³/mol. The summed E-state index contributed by atoms with van der Waals surface area (Å²) in [6, 6.07) is 3.09. The number of aromatic nitrogens is 1. The molecule has 2 saturated heterocycles. The Kier molecular flexibility index (Phi) is 20.6. The van der Waals surface area contributed by atoms with Crippen LogP contribution in [0.15, 0.2) is 18.2 Å². The SMILES string of the molecule is Cc1cccc(CN2[C-](CN(C)CCN3[CH-]OC(=O)C3CC(=O)NCC(O)C(O)C(O)C(O)CO)OC(=O)C2CC(=O)NCC(O)C(O)C(O)C(O)CO)n1.[Mn+2]. The number of aryl methyl sites for hydroxylation is 1. The third-order valence-corrected chi connectivity index (χ3v) is 9.01. The number of nitrogens with one attached hydrogen (secondary N) is 2. The molecular weight excluding hydrogens is 791 g/mol. The van der Waals surface area contributed by atoms with E-state index < -0.39 is 124 Å². The van der Waals surface area contributed by atoms with E-state index in [0.29, 0.717) is 11.4 Å². The molecule has 1 aromatic heterocycles. The second-order valence-electron chi connectivity index (χ2n) is 13.4. The summed E-state index contributed by atoms with van der Waals surface area (Å²) >= 11 is 0. The number of nitrogens with zero attached hydrogens (tertiary/aromatic N) is 4. The summed E-state index contributed by atoms with van der Waals surface area (Å²) in [5.74, 6) is -2.89. The molecule has 2 fully saturated rings. The zero-order chi connectivity index (χ0) is 41.0. The Labute approximate surface area is 333 Å². The van der Waals surface area contributed by atoms with Crippen LogP contribution in [0.5, 0.6) is 0 Å². The number of carbonyl (C=O) groups excluding carboxylic acids is 4. The topological polar surface area (TPSA) is 336 Å². The monoisotopic (exact) mass is 843 g/mol. The van der Waals surface area contributed by atoms with Gasteiger partial charge in [-0.05, 0) is 32.6 Å². The average Bonchev–Trinajstić information content (AvgIpc) is 3.65. The van der Waals surface area contributed by atoms with Crippen molar-refractivity contribution < 1.29 is 96.8 Å². The van der Waals surface area contributed by atoms with Gasteiger partial charge in [0.05, 0.1) is 56.0 Å². The molecule has 2 amide bonds. The summed E-state index contributed by atoms with van der Waals surface area (Å²) in [5.41, 5.74) is 1.26. The van der Waals surface area contributed by atoms with Gasteiger partial charge in [-0.1, -0.05) is 25.6 Å². The molecule has 3 rings (SSSR count). The quantitative estimate of drug-likeness (QED) is 0.0277. The number of esters is 2. The van der Waals surface area contributed by atoms with Gasteiger partial charge in [0.15, 0.2) is 0 Å². The zero-order valence-corrected chi connectivity index (χ0v) is 31.9. The Morgan fingerprint density at radius 3 is 1.89 bits per heavy atom. The molecule has 1 radical (unpaired) electrons. The van der Waals surface area contributed by atoms with E-state index in [-0.39, 0.29) is 49.5 Å². The molecule has 0 saturated carbocycles. The molecule has 0 bridgehead atoms. The molecule has 2 aliphatic heterocycles. The van der Waals surface area contributed by atoms with Crippen molar-refractivity contribution in [3.63, 3.8) is 0 Å². The number of amides is 2. The van der Waals surface area contributed by atoms with Crippen molar-refractivity contribution in [3.05, 3.63) is 42.5 Å². The molecule has 0 aliphatic carbocycles. The van der Waals surface area contributed by atoms with E-state index in [1.807, 2.05) is 0 Å². The molecule has 0 aromatic carbocycles. The van der Waals surface area contributed by atoms with E-state index in [1.165, 1.54) is 4.90 Å². The van der Waals surface area contributed by atoms with Crippen molar-refractivity contribution in [2.75, 3.05) is 53.0 Å². The first-order chi connectivity index (χ1) is 26.0. The second-order valence-corrected chi connectivity index (χ2v) is 13.4. The van der Waals surface area contributed by atoms with Gasteiger partial charge in [-0.2, -0.15) is 0 Å². The first-order valence-corrected chi connectivity index (χ1v) is 17.4. The van der Waals surface area contributed by atoms with Crippen molar-refractivity contribution in [2.45, 2.75) is 87.2 Å². The molecule has 0 spiro atoms. The molecule has 12 N–H and O–H groups in total. The third kappa shape index (κ3) is 14.1. The van der Waals surface area contributed by atoms with Gasteiger partial charge in [0.1, 0.15) is 36.6 Å². The van der Waals surface area contributed by atoms with Crippen LogP contribution in [-0.4, -0.2) is 208 Å². The maximum atomic E-state index is 13.1. The van der Waals surface area contributed by atoms with E-state index in [1.54, 1.807) is 42.0 Å². The standard InChI is InChI=1S/C33H52N6O16.Mn/c1-17-4-3-5-18(36-17)12-39-20(9-26(47)35-11-22(43)29(49)31(51)24(45)15-41)33(53)55-27(39)13-37(2)6-7-38-16-54-32(52)19(38)8-25(46)34-10-21(42)28(48)30(50)23(44)14-40;/h3-5,16,19-24,28-31,40-45,48-51H,6-15H2,1-2H3,(H,34,46)(H,35,47);/q-2;+2. The summed E-state index contributed by atoms with van der Waals surface area (Å²) in [4.78, 5) is 60.3. The van der Waals surface area contributed by atoms with Gasteiger partial charge < -0.3 is 85.9 Å². The summed E-state index contributed by atoms with van der Waals surface area (Å²) in [6.45, 7) is 0.583. The number of pyridine rings is 1. The first-order valence-electron chi connectivity index (χ1n) is 17.4. The van der Waals surface area contributed by atoms with Crippen molar-refractivity contribution in [1.29, 1.82) is 0 Å². The number of carbonyl (C=O) groups is 4. The maximum absolute atomic E-state index is 13.1. The number of aliphatic hydroxyl groups is 10. The van der Waals surface area contributed by atoms with Crippen LogP contribution < -0.4 is 10.6 Å². The molecule has 22 nitrogen and oxygen atoms in total. The van der Waals surface area contributed by atoms with Gasteiger partial charge in [-0.15, -0.1) is 0 Å². The van der Waals surface area contributed by atoms with Crippen LogP contribution in [0.4, 0.5) is 0 Å². The van der Waals surface area contributed by atoms with E-state index in [9.17, 15) is 60.0 Å². The first kappa shape index (κ1) is 49.2. The predicted octanol–water partition coefficient (Wildman–Crippen LogP) is -7.23. The van der Waals surface area contributed by atoms with E-state index in [2.05, 4.69) is 15.6 Å². The normalized spacial score (nSPS) is 22.3. The number of ether oxygens (including phenoxy) is 2. The Morgan fingerprint density at radius 2 is 1.38 bits per heavy atom. The van der Waals surface area contributed by atoms with E-state index >= 15 is 0 Å². The second kappa shape index (κ2) is 23.4.